The van der Waals surface area contributed by atoms with Gasteiger partial charge >= 0.3 is 21.7 Å². The van der Waals surface area contributed by atoms with Crippen LogP contribution in [0.4, 0.5) is 0 Å². The molecular weight excluding hydrogens is 375 g/mol. The van der Waals surface area contributed by atoms with E-state index < -0.39 is 0 Å². The summed E-state index contributed by atoms with van der Waals surface area (Å²) in [5.41, 5.74) is 4.07. The Bertz CT molecular complexity index is 607. The first-order valence-electron chi connectivity index (χ1n) is 7.36. The van der Waals surface area contributed by atoms with Crippen molar-refractivity contribution >= 4 is 6.08 Å². The number of aliphatic hydroxyl groups excluding tert-OH is 1. The topological polar surface area (TPSA) is 20.2 Å². The molecule has 4 heteroatoms. The maximum absolute atomic E-state index is 8.40. The molecular formula is C20H23Cl2OTi. The van der Waals surface area contributed by atoms with Crippen LogP contribution < -0.4 is 24.8 Å². The molecule has 24 heavy (non-hydrogen) atoms. The van der Waals surface area contributed by atoms with Gasteiger partial charge in [-0.2, -0.15) is 35.9 Å². The van der Waals surface area contributed by atoms with E-state index in [4.69, 9.17) is 5.11 Å². The molecule has 2 aromatic carbocycles. The van der Waals surface area contributed by atoms with Gasteiger partial charge in [0, 0.05) is 12.5 Å². The second-order valence-corrected chi connectivity index (χ2v) is 6.50. The van der Waals surface area contributed by atoms with Gasteiger partial charge in [-0.05, 0) is 16.5 Å². The molecule has 127 valence electrons. The van der Waals surface area contributed by atoms with Crippen LogP contribution in [0.1, 0.15) is 43.4 Å². The van der Waals surface area contributed by atoms with Gasteiger partial charge in [0.2, 0.25) is 0 Å². The minimum absolute atomic E-state index is 0. The van der Waals surface area contributed by atoms with Crippen LogP contribution in [0.25, 0.3) is 6.08 Å². The molecule has 2 aromatic rings. The predicted molar refractivity (Wildman–Crippen MR) is 89.1 cm³/mol. The molecule has 0 bridgehead atoms. The maximum Gasteiger partial charge on any atom is 3.00 e. The smallest absolute Gasteiger partial charge is 1.00 e. The minimum atomic E-state index is 0. The Morgan fingerprint density at radius 2 is 1.58 bits per heavy atom. The Kier molecular flexibility index (Phi) is 12.7. The van der Waals surface area contributed by atoms with Gasteiger partial charge in [-0.25, -0.2) is 0 Å². The summed E-state index contributed by atoms with van der Waals surface area (Å²) >= 11 is 0. The Labute approximate surface area is 173 Å². The third-order valence-corrected chi connectivity index (χ3v) is 3.34. The number of hydrogen-bond acceptors (Lipinski definition) is 1. The zero-order chi connectivity index (χ0) is 15.3. The van der Waals surface area contributed by atoms with Crippen LogP contribution in [-0.2, 0) is 21.7 Å². The number of halogens is 2. The van der Waals surface area contributed by atoms with E-state index in [1.807, 2.05) is 32.9 Å². The van der Waals surface area contributed by atoms with Crippen molar-refractivity contribution < 1.29 is 51.6 Å². The summed E-state index contributed by atoms with van der Waals surface area (Å²) in [6.07, 6.45) is 4.44. The van der Waals surface area contributed by atoms with E-state index in [0.717, 1.165) is 0 Å². The first-order chi connectivity index (χ1) is 10.0. The second kappa shape index (κ2) is 11.9. The van der Waals surface area contributed by atoms with Crippen LogP contribution in [0.2, 0.25) is 0 Å². The Morgan fingerprint density at radius 3 is 2.12 bits per heavy atom. The standard InChI is InChI=1S/C15H11.C5H12O.2ClH.Ti/c1-2-6-12(7-3-1)15-11-10-13-8-4-5-9-14(13)15;1-5(2,3)4-6;;;/h1-6,8-11,15H;6H,4H2,1-3H3;2*1H;/q-1;;;;+3/p-2. The quantitative estimate of drug-likeness (QED) is 0.467. The molecule has 1 aliphatic rings. The van der Waals surface area contributed by atoms with E-state index in [9.17, 15) is 0 Å². The molecule has 1 N–H and O–H groups in total. The van der Waals surface area contributed by atoms with Crippen LogP contribution >= 0.6 is 0 Å². The first-order valence-corrected chi connectivity index (χ1v) is 7.36. The number of allylic oxidation sites excluding steroid dienone is 1. The van der Waals surface area contributed by atoms with Crippen molar-refractivity contribution in [2.45, 2.75) is 26.7 Å². The maximum atomic E-state index is 8.40. The SMILES string of the molecule is CC(C)(C)CO.[Cl-].[Cl-].[Ti+3].[c-]1ccccc1C1C=Cc2ccccc21. The van der Waals surface area contributed by atoms with Crippen molar-refractivity contribution in [3.05, 3.63) is 77.4 Å². The predicted octanol–water partition coefficient (Wildman–Crippen LogP) is -1.32. The molecule has 1 unspecified atom stereocenters. The van der Waals surface area contributed by atoms with Crippen molar-refractivity contribution in [2.24, 2.45) is 5.41 Å². The average molecular weight is 398 g/mol. The number of rotatable bonds is 1. The summed E-state index contributed by atoms with van der Waals surface area (Å²) in [5, 5.41) is 8.40. The largest absolute Gasteiger partial charge is 3.00 e. The van der Waals surface area contributed by atoms with Gasteiger partial charge in [0.1, 0.15) is 0 Å². The molecule has 0 saturated heterocycles. The normalized spacial score (nSPS) is 14.1. The molecule has 0 aromatic heterocycles. The van der Waals surface area contributed by atoms with Gasteiger partial charge in [-0.3, -0.25) is 0 Å². The van der Waals surface area contributed by atoms with Crippen LogP contribution in [0.5, 0.6) is 0 Å². The van der Waals surface area contributed by atoms with E-state index in [-0.39, 0.29) is 58.6 Å². The summed E-state index contributed by atoms with van der Waals surface area (Å²) in [6.45, 7) is 6.25. The Hall–Kier alpha value is -0.566. The summed E-state index contributed by atoms with van der Waals surface area (Å²) < 4.78 is 0. The average Bonchev–Trinajstić information content (AvgIpc) is 2.92. The monoisotopic (exact) mass is 397 g/mol. The van der Waals surface area contributed by atoms with Gasteiger partial charge < -0.3 is 29.9 Å². The Morgan fingerprint density at radius 1 is 1.00 bits per heavy atom. The van der Waals surface area contributed by atoms with Crippen molar-refractivity contribution in [3.8, 4) is 0 Å². The Balaban J connectivity index is 0. The third kappa shape index (κ3) is 7.55. The second-order valence-electron chi connectivity index (χ2n) is 6.50. The number of hydrogen-bond donors (Lipinski definition) is 1. The van der Waals surface area contributed by atoms with E-state index >= 15 is 0 Å². The molecule has 1 nitrogen and oxygen atoms in total. The molecule has 3 rings (SSSR count). The van der Waals surface area contributed by atoms with Gasteiger partial charge in [0.15, 0.2) is 0 Å². The van der Waals surface area contributed by atoms with E-state index in [1.165, 1.54) is 16.7 Å². The van der Waals surface area contributed by atoms with E-state index in [0.29, 0.717) is 5.92 Å². The van der Waals surface area contributed by atoms with Gasteiger partial charge in [-0.15, -0.1) is 0 Å². The van der Waals surface area contributed by atoms with Crippen LogP contribution in [0, 0.1) is 11.5 Å². The summed E-state index contributed by atoms with van der Waals surface area (Å²) in [5.74, 6) is 0.391. The molecule has 1 aliphatic carbocycles. The summed E-state index contributed by atoms with van der Waals surface area (Å²) in [4.78, 5) is 0. The van der Waals surface area contributed by atoms with Gasteiger partial charge in [-0.1, -0.05) is 57.2 Å². The van der Waals surface area contributed by atoms with Crippen molar-refractivity contribution in [2.75, 3.05) is 6.61 Å². The first kappa shape index (κ1) is 25.7. The molecule has 0 fully saturated rings. The summed E-state index contributed by atoms with van der Waals surface area (Å²) in [7, 11) is 0. The zero-order valence-electron chi connectivity index (χ0n) is 14.3. The van der Waals surface area contributed by atoms with Crippen LogP contribution in [-0.4, -0.2) is 11.7 Å². The minimum Gasteiger partial charge on any atom is -1.00 e. The number of fused-ring (bicyclic) bond motifs is 1. The van der Waals surface area contributed by atoms with Crippen molar-refractivity contribution in [3.63, 3.8) is 0 Å². The molecule has 0 aliphatic heterocycles. The fourth-order valence-corrected chi connectivity index (χ4v) is 2.12. The van der Waals surface area contributed by atoms with E-state index in [1.54, 1.807) is 0 Å². The molecule has 1 atom stereocenters. The zero-order valence-corrected chi connectivity index (χ0v) is 17.3. The molecule has 0 saturated carbocycles. The van der Waals surface area contributed by atoms with Crippen LogP contribution in [0.3, 0.4) is 0 Å². The van der Waals surface area contributed by atoms with Crippen molar-refractivity contribution in [1.29, 1.82) is 0 Å². The van der Waals surface area contributed by atoms with Gasteiger partial charge in [0.05, 0.1) is 0 Å². The number of benzene rings is 2. The molecule has 1 radical (unpaired) electrons. The van der Waals surface area contributed by atoms with E-state index in [2.05, 4.69) is 54.6 Å². The van der Waals surface area contributed by atoms with Gasteiger partial charge in [0.25, 0.3) is 0 Å². The fraction of sp³-hybridized carbons (Fsp3) is 0.300. The molecule has 0 spiro atoms. The fourth-order valence-electron chi connectivity index (χ4n) is 2.12. The van der Waals surface area contributed by atoms with Crippen molar-refractivity contribution in [1.82, 2.24) is 0 Å². The third-order valence-electron chi connectivity index (χ3n) is 3.34. The summed E-state index contributed by atoms with van der Waals surface area (Å²) in [6, 6.07) is 20.0. The van der Waals surface area contributed by atoms with Crippen LogP contribution in [0.15, 0.2) is 54.6 Å². The number of aliphatic hydroxyl groups is 1. The molecule has 0 heterocycles. The molecule has 0 amide bonds.